The van der Waals surface area contributed by atoms with Crippen molar-refractivity contribution in [1.82, 2.24) is 9.47 Å². The summed E-state index contributed by atoms with van der Waals surface area (Å²) >= 11 is 0. The Labute approximate surface area is 169 Å². The molecule has 0 unspecified atom stereocenters. The number of benzene rings is 2. The lowest BCUT2D eigenvalue weighted by Gasteiger charge is -2.15. The van der Waals surface area contributed by atoms with Crippen molar-refractivity contribution in [3.05, 3.63) is 64.4 Å². The van der Waals surface area contributed by atoms with Crippen molar-refractivity contribution in [3.8, 4) is 11.5 Å². The minimum absolute atomic E-state index is 0.240. The summed E-state index contributed by atoms with van der Waals surface area (Å²) in [6, 6.07) is 13.9. The molecule has 0 bridgehead atoms. The summed E-state index contributed by atoms with van der Waals surface area (Å²) in [4.78, 5) is 27.2. The number of methoxy groups -OCH3 is 1. The number of anilines is 1. The summed E-state index contributed by atoms with van der Waals surface area (Å²) in [5, 5.41) is 3.57. The molecule has 0 spiro atoms. The quantitative estimate of drug-likeness (QED) is 0.666. The molecule has 3 rings (SSSR count). The molecule has 0 saturated carbocycles. The predicted molar refractivity (Wildman–Crippen MR) is 114 cm³/mol. The Hall–Kier alpha value is -3.32. The molecule has 1 N–H and O–H groups in total. The number of nitrogens with one attached hydrogen (secondary N) is 1. The topological polar surface area (TPSA) is 72.8 Å². The third kappa shape index (κ3) is 4.57. The molecular formula is C22H25N3O4. The highest BCUT2D eigenvalue weighted by Gasteiger charge is 2.15. The monoisotopic (exact) mass is 395 g/mol. The molecule has 1 heterocycles. The number of hydrogen-bond acceptors (Lipinski definition) is 5. The van der Waals surface area contributed by atoms with E-state index >= 15 is 0 Å². The van der Waals surface area contributed by atoms with Gasteiger partial charge in [0, 0.05) is 36.8 Å². The van der Waals surface area contributed by atoms with Gasteiger partial charge in [0.2, 0.25) is 0 Å². The van der Waals surface area contributed by atoms with Crippen molar-refractivity contribution < 1.29 is 14.3 Å². The van der Waals surface area contributed by atoms with Gasteiger partial charge in [-0.2, -0.15) is 0 Å². The number of nitrogens with zero attached hydrogens (tertiary/aromatic N) is 2. The molecule has 0 saturated heterocycles. The van der Waals surface area contributed by atoms with E-state index in [1.54, 1.807) is 32.4 Å². The maximum absolute atomic E-state index is 12.9. The maximum atomic E-state index is 12.9. The smallest absolute Gasteiger partial charge is 0.256 e. The van der Waals surface area contributed by atoms with Gasteiger partial charge in [0.1, 0.15) is 6.61 Å². The van der Waals surface area contributed by atoms with E-state index in [2.05, 4.69) is 5.32 Å². The summed E-state index contributed by atoms with van der Waals surface area (Å²) in [6.45, 7) is 1.24. The van der Waals surface area contributed by atoms with Crippen LogP contribution in [0.15, 0.2) is 53.3 Å². The Morgan fingerprint density at radius 3 is 2.59 bits per heavy atom. The third-order valence-corrected chi connectivity index (χ3v) is 4.62. The highest BCUT2D eigenvalue weighted by atomic mass is 16.5. The van der Waals surface area contributed by atoms with Crippen LogP contribution in [0.5, 0.6) is 11.5 Å². The van der Waals surface area contributed by atoms with Crippen molar-refractivity contribution in [2.24, 2.45) is 7.05 Å². The zero-order valence-corrected chi connectivity index (χ0v) is 17.1. The number of amides is 1. The molecule has 7 heteroatoms. The number of aryl methyl sites for hydroxylation is 1. The van der Waals surface area contributed by atoms with E-state index in [0.29, 0.717) is 40.3 Å². The molecule has 1 amide bonds. The van der Waals surface area contributed by atoms with Crippen molar-refractivity contribution in [2.75, 3.05) is 39.7 Å². The normalized spacial score (nSPS) is 10.9. The van der Waals surface area contributed by atoms with Gasteiger partial charge in [0.05, 0.1) is 18.2 Å². The highest BCUT2D eigenvalue weighted by molar-refractivity contribution is 6.12. The Morgan fingerprint density at radius 1 is 1.10 bits per heavy atom. The first-order valence-electron chi connectivity index (χ1n) is 9.26. The second-order valence-corrected chi connectivity index (χ2v) is 6.94. The second-order valence-electron chi connectivity index (χ2n) is 6.94. The Kier molecular flexibility index (Phi) is 6.19. The van der Waals surface area contributed by atoms with E-state index in [9.17, 15) is 9.59 Å². The molecule has 1 aromatic heterocycles. The fourth-order valence-electron chi connectivity index (χ4n) is 3.00. The van der Waals surface area contributed by atoms with Gasteiger partial charge in [-0.1, -0.05) is 18.2 Å². The van der Waals surface area contributed by atoms with Crippen LogP contribution >= 0.6 is 0 Å². The van der Waals surface area contributed by atoms with Gasteiger partial charge < -0.3 is 24.3 Å². The van der Waals surface area contributed by atoms with Gasteiger partial charge >= 0.3 is 0 Å². The first-order chi connectivity index (χ1) is 13.9. The third-order valence-electron chi connectivity index (χ3n) is 4.62. The van der Waals surface area contributed by atoms with Crippen LogP contribution in [0.4, 0.5) is 5.69 Å². The Morgan fingerprint density at radius 2 is 1.86 bits per heavy atom. The van der Waals surface area contributed by atoms with E-state index < -0.39 is 0 Å². The molecule has 0 aliphatic heterocycles. The van der Waals surface area contributed by atoms with Crippen LogP contribution in [0.2, 0.25) is 0 Å². The first kappa shape index (κ1) is 20.4. The zero-order chi connectivity index (χ0) is 21.0. The Balaban J connectivity index is 1.89. The minimum Gasteiger partial charge on any atom is -0.493 e. The largest absolute Gasteiger partial charge is 0.493 e. The fourth-order valence-corrected chi connectivity index (χ4v) is 3.00. The fraction of sp³-hybridized carbons (Fsp3) is 0.273. The van der Waals surface area contributed by atoms with Crippen LogP contribution in [0.25, 0.3) is 10.9 Å². The van der Waals surface area contributed by atoms with Gasteiger partial charge in [-0.3, -0.25) is 9.59 Å². The van der Waals surface area contributed by atoms with E-state index in [1.165, 1.54) is 10.6 Å². The molecule has 29 heavy (non-hydrogen) atoms. The first-order valence-corrected chi connectivity index (χ1v) is 9.26. The number of hydrogen-bond donors (Lipinski definition) is 1. The average molecular weight is 395 g/mol. The molecular weight excluding hydrogens is 370 g/mol. The Bertz CT molecular complexity index is 1090. The molecule has 0 atom stereocenters. The van der Waals surface area contributed by atoms with E-state index in [0.717, 1.165) is 6.54 Å². The summed E-state index contributed by atoms with van der Waals surface area (Å²) in [7, 11) is 7.18. The molecule has 7 nitrogen and oxygen atoms in total. The number of ether oxygens (including phenoxy) is 2. The lowest BCUT2D eigenvalue weighted by Crippen LogP contribution is -2.21. The van der Waals surface area contributed by atoms with Crippen LogP contribution in [-0.4, -0.2) is 49.7 Å². The maximum Gasteiger partial charge on any atom is 0.256 e. The molecule has 0 aliphatic carbocycles. The van der Waals surface area contributed by atoms with Gasteiger partial charge in [-0.25, -0.2) is 0 Å². The van der Waals surface area contributed by atoms with Crippen LogP contribution in [0, 0.1) is 0 Å². The van der Waals surface area contributed by atoms with Crippen molar-refractivity contribution in [1.29, 1.82) is 0 Å². The minimum atomic E-state index is -0.358. The molecule has 0 aliphatic rings. The number of fused-ring (bicyclic) bond motifs is 1. The standard InChI is InChI=1S/C22H25N3O4/c1-24(2)11-12-29-20-13-15(9-10-19(20)28-4)23-22(27)17-14-21(26)25(3)18-8-6-5-7-16(17)18/h5-10,13-14H,11-12H2,1-4H3,(H,23,27). The van der Waals surface area contributed by atoms with E-state index in [-0.39, 0.29) is 11.5 Å². The van der Waals surface area contributed by atoms with Crippen LogP contribution in [-0.2, 0) is 7.05 Å². The lowest BCUT2D eigenvalue weighted by atomic mass is 10.1. The molecule has 2 aromatic carbocycles. The molecule has 3 aromatic rings. The van der Waals surface area contributed by atoms with Gasteiger partial charge in [0.15, 0.2) is 11.5 Å². The molecule has 0 fully saturated rings. The number of rotatable bonds is 7. The summed E-state index contributed by atoms with van der Waals surface area (Å²) in [6.07, 6.45) is 0. The zero-order valence-electron chi connectivity index (χ0n) is 17.1. The van der Waals surface area contributed by atoms with E-state index in [1.807, 2.05) is 43.3 Å². The number of aromatic nitrogens is 1. The van der Waals surface area contributed by atoms with Gasteiger partial charge in [0.25, 0.3) is 11.5 Å². The number of likely N-dealkylation sites (N-methyl/N-ethyl adjacent to an activating group) is 1. The van der Waals surface area contributed by atoms with Crippen LogP contribution in [0.1, 0.15) is 10.4 Å². The number of carbonyl (C=O) groups is 1. The lowest BCUT2D eigenvalue weighted by molar-refractivity contribution is 0.102. The van der Waals surface area contributed by atoms with Crippen LogP contribution in [0.3, 0.4) is 0 Å². The number of carbonyl (C=O) groups excluding carboxylic acids is 1. The van der Waals surface area contributed by atoms with Crippen LogP contribution < -0.4 is 20.3 Å². The van der Waals surface area contributed by atoms with Crippen molar-refractivity contribution in [2.45, 2.75) is 0 Å². The summed E-state index contributed by atoms with van der Waals surface area (Å²) in [5.41, 5.74) is 1.35. The number of para-hydroxylation sites is 1. The van der Waals surface area contributed by atoms with Crippen molar-refractivity contribution >= 4 is 22.5 Å². The van der Waals surface area contributed by atoms with Gasteiger partial charge in [-0.05, 0) is 32.3 Å². The average Bonchev–Trinajstić information content (AvgIpc) is 2.70. The van der Waals surface area contributed by atoms with E-state index in [4.69, 9.17) is 9.47 Å². The summed E-state index contributed by atoms with van der Waals surface area (Å²) < 4.78 is 12.7. The SMILES string of the molecule is COc1ccc(NC(=O)c2cc(=O)n(C)c3ccccc23)cc1OCCN(C)C. The summed E-state index contributed by atoms with van der Waals surface area (Å²) in [5.74, 6) is 0.769. The highest BCUT2D eigenvalue weighted by Crippen LogP contribution is 2.30. The van der Waals surface area contributed by atoms with Crippen molar-refractivity contribution in [3.63, 3.8) is 0 Å². The predicted octanol–water partition coefficient (Wildman–Crippen LogP) is 2.74. The second kappa shape index (κ2) is 8.79. The molecule has 152 valence electrons. The number of pyridine rings is 1. The van der Waals surface area contributed by atoms with Gasteiger partial charge in [-0.15, -0.1) is 0 Å². The molecule has 0 radical (unpaired) electrons.